The van der Waals surface area contributed by atoms with Crippen LogP contribution in [0.5, 0.6) is 0 Å². The number of halogens is 1. The highest BCUT2D eigenvalue weighted by molar-refractivity contribution is 7.98. The summed E-state index contributed by atoms with van der Waals surface area (Å²) in [6, 6.07) is 14.9. The van der Waals surface area contributed by atoms with Crippen LogP contribution in [0.2, 0.25) is 0 Å². The normalized spacial score (nSPS) is 11.8. The van der Waals surface area contributed by atoms with Gasteiger partial charge in [-0.2, -0.15) is 9.36 Å². The molecule has 0 radical (unpaired) electrons. The number of aliphatic hydroxyl groups is 1. The van der Waals surface area contributed by atoms with Crippen molar-refractivity contribution >= 4 is 34.5 Å². The van der Waals surface area contributed by atoms with Gasteiger partial charge in [0.1, 0.15) is 5.82 Å². The fourth-order valence-corrected chi connectivity index (χ4v) is 3.92. The lowest BCUT2D eigenvalue weighted by Crippen LogP contribution is -2.41. The molecule has 0 saturated heterocycles. The number of hydrogen-bond donors (Lipinski definition) is 3. The third-order valence-electron chi connectivity index (χ3n) is 3.79. The molecular formula is C19H19FN4O2S2. The number of aliphatic hydroxyl groups excluding tert-OH is 1. The molecule has 9 heteroatoms. The Morgan fingerprint density at radius 3 is 2.61 bits per heavy atom. The summed E-state index contributed by atoms with van der Waals surface area (Å²) in [5.41, 5.74) is 1.98. The Balaban J connectivity index is 1.48. The molecule has 1 atom stereocenters. The van der Waals surface area contributed by atoms with Crippen LogP contribution in [0.3, 0.4) is 0 Å². The highest BCUT2D eigenvalue weighted by Crippen LogP contribution is 2.23. The number of nitrogens with one attached hydrogen (secondary N) is 2. The summed E-state index contributed by atoms with van der Waals surface area (Å²) in [6.07, 6.45) is 0.387. The van der Waals surface area contributed by atoms with Crippen molar-refractivity contribution in [2.75, 3.05) is 11.9 Å². The maximum absolute atomic E-state index is 13.0. The van der Waals surface area contributed by atoms with Crippen molar-refractivity contribution < 1.29 is 14.3 Å². The van der Waals surface area contributed by atoms with E-state index in [-0.39, 0.29) is 12.4 Å². The fraction of sp³-hybridized carbons (Fsp3) is 0.211. The summed E-state index contributed by atoms with van der Waals surface area (Å²) in [5, 5.41) is 15.8. The number of urea groups is 1. The predicted octanol–water partition coefficient (Wildman–Crippen LogP) is 3.69. The summed E-state index contributed by atoms with van der Waals surface area (Å²) < 4.78 is 17.2. The molecule has 6 nitrogen and oxygen atoms in total. The zero-order valence-corrected chi connectivity index (χ0v) is 16.5. The van der Waals surface area contributed by atoms with Crippen molar-refractivity contribution in [2.24, 2.45) is 0 Å². The minimum absolute atomic E-state index is 0.237. The first kappa shape index (κ1) is 20.2. The lowest BCUT2D eigenvalue weighted by Gasteiger charge is -2.16. The first-order chi connectivity index (χ1) is 13.6. The maximum atomic E-state index is 13.0. The molecule has 3 N–H and O–H groups in total. The van der Waals surface area contributed by atoms with Crippen LogP contribution >= 0.6 is 23.3 Å². The van der Waals surface area contributed by atoms with Gasteiger partial charge in [0.25, 0.3) is 0 Å². The number of benzene rings is 2. The number of rotatable bonds is 8. The molecule has 28 heavy (non-hydrogen) atoms. The van der Waals surface area contributed by atoms with Gasteiger partial charge in [0.05, 0.1) is 12.6 Å². The minimum atomic E-state index is -0.495. The van der Waals surface area contributed by atoms with E-state index in [0.717, 1.165) is 22.8 Å². The number of anilines is 1. The van der Waals surface area contributed by atoms with Crippen molar-refractivity contribution in [3.05, 3.63) is 71.5 Å². The van der Waals surface area contributed by atoms with Gasteiger partial charge in [-0.15, -0.1) is 0 Å². The summed E-state index contributed by atoms with van der Waals surface area (Å²) in [4.78, 5) is 16.4. The van der Waals surface area contributed by atoms with Crippen molar-refractivity contribution in [3.63, 3.8) is 0 Å². The van der Waals surface area contributed by atoms with Gasteiger partial charge in [-0.25, -0.2) is 9.18 Å². The molecule has 0 spiro atoms. The van der Waals surface area contributed by atoms with Gasteiger partial charge in [-0.05, 0) is 29.7 Å². The first-order valence-corrected chi connectivity index (χ1v) is 10.3. The average Bonchev–Trinajstić information content (AvgIpc) is 3.15. The monoisotopic (exact) mass is 418 g/mol. The van der Waals surface area contributed by atoms with Gasteiger partial charge >= 0.3 is 6.03 Å². The molecule has 2 amide bonds. The smallest absolute Gasteiger partial charge is 0.321 e. The van der Waals surface area contributed by atoms with Gasteiger partial charge in [0.15, 0.2) is 0 Å². The molecule has 0 aliphatic carbocycles. The lowest BCUT2D eigenvalue weighted by molar-refractivity contribution is 0.224. The van der Waals surface area contributed by atoms with E-state index in [1.807, 2.05) is 30.3 Å². The topological polar surface area (TPSA) is 87.1 Å². The van der Waals surface area contributed by atoms with Crippen LogP contribution in [0.15, 0.2) is 59.8 Å². The SMILES string of the molecule is O=C(Nc1nc(SCc2ccccc2)ns1)NC(CO)Cc1ccc(F)cc1. The number of thioether (sulfide) groups is 1. The summed E-state index contributed by atoms with van der Waals surface area (Å²) >= 11 is 2.58. The molecule has 1 heterocycles. The molecule has 0 aliphatic rings. The molecule has 1 aromatic heterocycles. The Morgan fingerprint density at radius 2 is 1.89 bits per heavy atom. The van der Waals surface area contributed by atoms with Gasteiger partial charge in [-0.1, -0.05) is 54.2 Å². The standard InChI is InChI=1S/C19H19FN4O2S2/c20-15-8-6-13(7-9-15)10-16(11-25)21-17(26)22-18-23-19(24-28-18)27-12-14-4-2-1-3-5-14/h1-9,16,25H,10-12H2,(H2,21,22,23,24,26). The number of carbonyl (C=O) groups excluding carboxylic acids is 1. The molecule has 3 aromatic rings. The highest BCUT2D eigenvalue weighted by Gasteiger charge is 2.14. The van der Waals surface area contributed by atoms with Crippen LogP contribution in [0.1, 0.15) is 11.1 Å². The number of amides is 2. The van der Waals surface area contributed by atoms with E-state index < -0.39 is 12.1 Å². The minimum Gasteiger partial charge on any atom is -0.394 e. The van der Waals surface area contributed by atoms with Crippen LogP contribution in [-0.2, 0) is 12.2 Å². The zero-order chi connectivity index (χ0) is 19.8. The quantitative estimate of drug-likeness (QED) is 0.486. The molecule has 0 aliphatic heterocycles. The van der Waals surface area contributed by atoms with E-state index in [0.29, 0.717) is 16.7 Å². The Hall–Kier alpha value is -2.49. The Labute approximate surface area is 170 Å². The molecule has 0 bridgehead atoms. The first-order valence-electron chi connectivity index (χ1n) is 8.55. The van der Waals surface area contributed by atoms with E-state index in [4.69, 9.17) is 0 Å². The maximum Gasteiger partial charge on any atom is 0.321 e. The molecule has 0 fully saturated rings. The molecule has 2 aromatic carbocycles. The number of carbonyl (C=O) groups is 1. The second-order valence-electron chi connectivity index (χ2n) is 5.96. The third kappa shape index (κ3) is 6.29. The van der Waals surface area contributed by atoms with Gasteiger partial charge in [-0.3, -0.25) is 5.32 Å². The van der Waals surface area contributed by atoms with Gasteiger partial charge in [0.2, 0.25) is 10.3 Å². The van der Waals surface area contributed by atoms with Crippen LogP contribution < -0.4 is 10.6 Å². The largest absolute Gasteiger partial charge is 0.394 e. The zero-order valence-electron chi connectivity index (χ0n) is 14.8. The number of nitrogens with zero attached hydrogens (tertiary/aromatic N) is 2. The number of aromatic nitrogens is 2. The van der Waals surface area contributed by atoms with E-state index in [1.54, 1.807) is 12.1 Å². The lowest BCUT2D eigenvalue weighted by atomic mass is 10.1. The van der Waals surface area contributed by atoms with Crippen LogP contribution in [0.4, 0.5) is 14.3 Å². The van der Waals surface area contributed by atoms with E-state index in [2.05, 4.69) is 20.0 Å². The van der Waals surface area contributed by atoms with E-state index in [9.17, 15) is 14.3 Å². The summed E-state index contributed by atoms with van der Waals surface area (Å²) in [6.45, 7) is -0.237. The van der Waals surface area contributed by atoms with Crippen LogP contribution in [0, 0.1) is 5.82 Å². The Morgan fingerprint density at radius 1 is 1.14 bits per heavy atom. The second kappa shape index (κ2) is 10.2. The van der Waals surface area contributed by atoms with Gasteiger partial charge < -0.3 is 10.4 Å². The predicted molar refractivity (Wildman–Crippen MR) is 109 cm³/mol. The number of hydrogen-bond acceptors (Lipinski definition) is 6. The average molecular weight is 419 g/mol. The van der Waals surface area contributed by atoms with Crippen LogP contribution in [-0.4, -0.2) is 33.1 Å². The molecule has 1 unspecified atom stereocenters. The molecule has 3 rings (SSSR count). The molecule has 146 valence electrons. The van der Waals surface area contributed by atoms with E-state index in [1.165, 1.54) is 29.5 Å². The van der Waals surface area contributed by atoms with Crippen LogP contribution in [0.25, 0.3) is 0 Å². The van der Waals surface area contributed by atoms with Gasteiger partial charge in [0, 0.05) is 17.3 Å². The fourth-order valence-electron chi connectivity index (χ4n) is 2.43. The van der Waals surface area contributed by atoms with Crippen molar-refractivity contribution in [1.29, 1.82) is 0 Å². The highest BCUT2D eigenvalue weighted by atomic mass is 32.2. The Bertz CT molecular complexity index is 890. The molecule has 0 saturated carbocycles. The second-order valence-corrected chi connectivity index (χ2v) is 7.66. The van der Waals surface area contributed by atoms with Crippen molar-refractivity contribution in [2.45, 2.75) is 23.4 Å². The summed E-state index contributed by atoms with van der Waals surface area (Å²) in [5.74, 6) is 0.417. The Kier molecular flexibility index (Phi) is 7.35. The molecular weight excluding hydrogens is 399 g/mol. The third-order valence-corrected chi connectivity index (χ3v) is 5.45. The van der Waals surface area contributed by atoms with Crippen molar-refractivity contribution in [1.82, 2.24) is 14.7 Å². The van der Waals surface area contributed by atoms with Crippen molar-refractivity contribution in [3.8, 4) is 0 Å². The van der Waals surface area contributed by atoms with E-state index >= 15 is 0 Å². The summed E-state index contributed by atoms with van der Waals surface area (Å²) in [7, 11) is 0.